The lowest BCUT2D eigenvalue weighted by molar-refractivity contribution is 0.0769. The summed E-state index contributed by atoms with van der Waals surface area (Å²) in [5.74, 6) is 1.77. The van der Waals surface area contributed by atoms with Crippen molar-refractivity contribution >= 4 is 17.2 Å². The van der Waals surface area contributed by atoms with Crippen molar-refractivity contribution in [3.05, 3.63) is 58.8 Å². The van der Waals surface area contributed by atoms with Crippen molar-refractivity contribution in [2.45, 2.75) is 32.9 Å². The molecule has 6 nitrogen and oxygen atoms in total. The van der Waals surface area contributed by atoms with Crippen LogP contribution in [-0.4, -0.2) is 46.0 Å². The van der Waals surface area contributed by atoms with Gasteiger partial charge in [0.25, 0.3) is 5.91 Å². The molecule has 29 heavy (non-hydrogen) atoms. The number of hydrogen-bond acceptors (Lipinski definition) is 6. The van der Waals surface area contributed by atoms with Gasteiger partial charge in [0.2, 0.25) is 11.7 Å². The molecule has 1 aliphatic rings. The third-order valence-electron chi connectivity index (χ3n) is 5.41. The van der Waals surface area contributed by atoms with E-state index in [2.05, 4.69) is 34.1 Å². The zero-order valence-corrected chi connectivity index (χ0v) is 17.7. The van der Waals surface area contributed by atoms with E-state index in [1.54, 1.807) is 23.3 Å². The van der Waals surface area contributed by atoms with E-state index in [9.17, 15) is 4.79 Å². The summed E-state index contributed by atoms with van der Waals surface area (Å²) < 4.78 is 5.30. The van der Waals surface area contributed by atoms with Crippen molar-refractivity contribution in [3.8, 4) is 10.7 Å². The number of likely N-dealkylation sites (tertiary alicyclic amines) is 1. The van der Waals surface area contributed by atoms with Crippen LogP contribution in [0.3, 0.4) is 0 Å². The molecule has 4 rings (SSSR count). The van der Waals surface area contributed by atoms with Crippen molar-refractivity contribution in [1.82, 2.24) is 19.9 Å². The van der Waals surface area contributed by atoms with Crippen molar-refractivity contribution in [2.75, 3.05) is 20.1 Å². The molecule has 1 amide bonds. The second-order valence-electron chi connectivity index (χ2n) is 7.81. The van der Waals surface area contributed by atoms with E-state index in [1.807, 2.05) is 29.6 Å². The lowest BCUT2D eigenvalue weighted by Gasteiger charge is -2.30. The zero-order valence-electron chi connectivity index (χ0n) is 16.9. The first-order valence-corrected chi connectivity index (χ1v) is 10.9. The fourth-order valence-corrected chi connectivity index (χ4v) is 4.20. The summed E-state index contributed by atoms with van der Waals surface area (Å²) in [6.45, 7) is 5.87. The Balaban J connectivity index is 1.34. The topological polar surface area (TPSA) is 62.5 Å². The monoisotopic (exact) mass is 410 g/mol. The van der Waals surface area contributed by atoms with Crippen LogP contribution in [0.1, 0.15) is 41.6 Å². The molecule has 3 heterocycles. The minimum absolute atomic E-state index is 0.0563. The molecular weight excluding hydrogens is 384 g/mol. The van der Waals surface area contributed by atoms with Gasteiger partial charge in [-0.3, -0.25) is 9.69 Å². The van der Waals surface area contributed by atoms with Crippen LogP contribution in [0.15, 0.2) is 46.3 Å². The van der Waals surface area contributed by atoms with Gasteiger partial charge in [-0.1, -0.05) is 30.3 Å². The quantitative estimate of drug-likeness (QED) is 0.606. The van der Waals surface area contributed by atoms with Gasteiger partial charge in [0.05, 0.1) is 11.4 Å². The minimum Gasteiger partial charge on any atom is -0.337 e. The van der Waals surface area contributed by atoms with Gasteiger partial charge in [0.15, 0.2) is 0 Å². The molecule has 0 spiro atoms. The van der Waals surface area contributed by atoms with Gasteiger partial charge in [-0.05, 0) is 61.0 Å². The minimum atomic E-state index is -0.0563. The Morgan fingerprint density at radius 1 is 1.24 bits per heavy atom. The van der Waals surface area contributed by atoms with Gasteiger partial charge < -0.3 is 9.42 Å². The highest BCUT2D eigenvalue weighted by Crippen LogP contribution is 2.22. The van der Waals surface area contributed by atoms with Crippen LogP contribution in [0, 0.1) is 5.92 Å². The Bertz CT molecular complexity index is 928. The molecule has 0 N–H and O–H groups in total. The Hall–Kier alpha value is -2.51. The number of thiophene rings is 1. The van der Waals surface area contributed by atoms with E-state index in [-0.39, 0.29) is 12.5 Å². The third-order valence-corrected chi connectivity index (χ3v) is 6.28. The number of piperidine rings is 1. The summed E-state index contributed by atoms with van der Waals surface area (Å²) in [4.78, 5) is 22.2. The first-order valence-electron chi connectivity index (χ1n) is 10.0. The Morgan fingerprint density at radius 2 is 2.00 bits per heavy atom. The lowest BCUT2D eigenvalue weighted by atomic mass is 9.99. The lowest BCUT2D eigenvalue weighted by Crippen LogP contribution is -2.32. The van der Waals surface area contributed by atoms with E-state index in [0.29, 0.717) is 17.3 Å². The number of carbonyl (C=O) groups is 1. The average Bonchev–Trinajstić information content (AvgIpc) is 3.41. The molecule has 0 radical (unpaired) electrons. The standard InChI is InChI=1S/C22H26N4O2S/c1-16-9-11-26(12-10-16)14-17-5-7-18(8-6-17)22(27)25(2)15-20-23-21(24-28-20)19-4-3-13-29-19/h3-8,13,16H,9-12,14-15H2,1-2H3. The van der Waals surface area contributed by atoms with Gasteiger partial charge in [-0.2, -0.15) is 4.98 Å². The van der Waals surface area contributed by atoms with Crippen molar-refractivity contribution in [3.63, 3.8) is 0 Å². The number of aromatic nitrogens is 2. The summed E-state index contributed by atoms with van der Waals surface area (Å²) in [6, 6.07) is 11.8. The molecule has 0 bridgehead atoms. The van der Waals surface area contributed by atoms with Crippen LogP contribution in [-0.2, 0) is 13.1 Å². The molecule has 1 saturated heterocycles. The molecule has 0 unspecified atom stereocenters. The SMILES string of the molecule is CC1CCN(Cc2ccc(C(=O)N(C)Cc3nc(-c4cccs4)no3)cc2)CC1. The maximum atomic E-state index is 12.7. The van der Waals surface area contributed by atoms with Crippen LogP contribution in [0.25, 0.3) is 10.7 Å². The second-order valence-corrected chi connectivity index (χ2v) is 8.75. The van der Waals surface area contributed by atoms with Crippen LogP contribution in [0.4, 0.5) is 0 Å². The fraction of sp³-hybridized carbons (Fsp3) is 0.409. The largest absolute Gasteiger partial charge is 0.337 e. The molecule has 0 atom stereocenters. The van der Waals surface area contributed by atoms with Gasteiger partial charge >= 0.3 is 0 Å². The molecule has 3 aromatic rings. The highest BCUT2D eigenvalue weighted by molar-refractivity contribution is 7.13. The maximum Gasteiger partial charge on any atom is 0.254 e. The van der Waals surface area contributed by atoms with Crippen LogP contribution in [0.5, 0.6) is 0 Å². The number of rotatable bonds is 6. The molecule has 1 aromatic carbocycles. The van der Waals surface area contributed by atoms with Crippen LogP contribution >= 0.6 is 11.3 Å². The summed E-state index contributed by atoms with van der Waals surface area (Å²) >= 11 is 1.56. The smallest absolute Gasteiger partial charge is 0.254 e. The highest BCUT2D eigenvalue weighted by Gasteiger charge is 2.18. The molecule has 2 aromatic heterocycles. The molecule has 1 aliphatic heterocycles. The normalized spacial score (nSPS) is 15.5. The second kappa shape index (κ2) is 8.88. The molecule has 0 aliphatic carbocycles. The Labute approximate surface area is 175 Å². The summed E-state index contributed by atoms with van der Waals surface area (Å²) in [5.41, 5.74) is 1.91. The van der Waals surface area contributed by atoms with E-state index in [0.717, 1.165) is 30.4 Å². The predicted octanol–water partition coefficient (Wildman–Crippen LogP) is 4.30. The van der Waals surface area contributed by atoms with Gasteiger partial charge in [-0.15, -0.1) is 11.3 Å². The number of nitrogens with zero attached hydrogens (tertiary/aromatic N) is 4. The van der Waals surface area contributed by atoms with Gasteiger partial charge in [-0.25, -0.2) is 0 Å². The molecule has 0 saturated carbocycles. The van der Waals surface area contributed by atoms with E-state index < -0.39 is 0 Å². The average molecular weight is 411 g/mol. The number of carbonyl (C=O) groups excluding carboxylic acids is 1. The fourth-order valence-electron chi connectivity index (χ4n) is 3.55. The molecular formula is C22H26N4O2S. The van der Waals surface area contributed by atoms with Crippen molar-refractivity contribution < 1.29 is 9.32 Å². The summed E-state index contributed by atoms with van der Waals surface area (Å²) in [7, 11) is 1.75. The third kappa shape index (κ3) is 4.92. The first kappa shape index (κ1) is 19.8. The van der Waals surface area contributed by atoms with Gasteiger partial charge in [0, 0.05) is 19.2 Å². The molecule has 152 valence electrons. The molecule has 7 heteroatoms. The number of hydrogen-bond donors (Lipinski definition) is 0. The van der Waals surface area contributed by atoms with E-state index in [1.165, 1.54) is 18.4 Å². The number of benzene rings is 1. The van der Waals surface area contributed by atoms with Crippen molar-refractivity contribution in [2.24, 2.45) is 5.92 Å². The Kier molecular flexibility index (Phi) is 6.06. The zero-order chi connectivity index (χ0) is 20.2. The summed E-state index contributed by atoms with van der Waals surface area (Å²) in [6.07, 6.45) is 2.54. The first-order chi connectivity index (χ1) is 14.1. The van der Waals surface area contributed by atoms with Crippen LogP contribution in [0.2, 0.25) is 0 Å². The Morgan fingerprint density at radius 3 is 2.69 bits per heavy atom. The van der Waals surface area contributed by atoms with Crippen molar-refractivity contribution in [1.29, 1.82) is 0 Å². The maximum absolute atomic E-state index is 12.7. The predicted molar refractivity (Wildman–Crippen MR) is 114 cm³/mol. The number of amides is 1. The van der Waals surface area contributed by atoms with Crippen LogP contribution < -0.4 is 0 Å². The van der Waals surface area contributed by atoms with E-state index >= 15 is 0 Å². The molecule has 1 fully saturated rings. The van der Waals surface area contributed by atoms with E-state index in [4.69, 9.17) is 4.52 Å². The summed E-state index contributed by atoms with van der Waals surface area (Å²) in [5, 5.41) is 5.97. The highest BCUT2D eigenvalue weighted by atomic mass is 32.1. The van der Waals surface area contributed by atoms with Gasteiger partial charge in [0.1, 0.15) is 0 Å².